The van der Waals surface area contributed by atoms with Crippen molar-refractivity contribution in [3.63, 3.8) is 0 Å². The molecule has 0 aliphatic carbocycles. The minimum Gasteiger partial charge on any atom is -0.493 e. The Balaban J connectivity index is 1.97. The zero-order valence-electron chi connectivity index (χ0n) is 10.1. The lowest BCUT2D eigenvalue weighted by Gasteiger charge is -2.38. The molecule has 17 heavy (non-hydrogen) atoms. The number of ether oxygens (including phenoxy) is 1. The van der Waals surface area contributed by atoms with E-state index < -0.39 is 5.60 Å². The first-order valence-electron chi connectivity index (χ1n) is 6.30. The molecule has 2 aliphatic rings. The molecule has 0 bridgehead atoms. The van der Waals surface area contributed by atoms with Gasteiger partial charge in [-0.15, -0.1) is 0 Å². The van der Waals surface area contributed by atoms with Gasteiger partial charge in [0.05, 0.1) is 6.61 Å². The van der Waals surface area contributed by atoms with Crippen molar-refractivity contribution in [2.75, 3.05) is 12.4 Å². The Labute approximate surface area is 106 Å². The van der Waals surface area contributed by atoms with Gasteiger partial charge in [-0.25, -0.2) is 0 Å². The van der Waals surface area contributed by atoms with E-state index >= 15 is 0 Å². The highest BCUT2D eigenvalue weighted by atomic mass is 32.2. The summed E-state index contributed by atoms with van der Waals surface area (Å²) >= 11 is 1.87. The quantitative estimate of drug-likeness (QED) is 0.831. The maximum Gasteiger partial charge on any atom is 0.122 e. The fraction of sp³-hybridized carbons (Fsp3) is 0.571. The number of benzene rings is 1. The summed E-state index contributed by atoms with van der Waals surface area (Å²) in [6, 6.07) is 6.19. The first-order valence-corrected chi connectivity index (χ1v) is 7.35. The Morgan fingerprint density at radius 1 is 1.47 bits per heavy atom. The zero-order chi connectivity index (χ0) is 11.9. The molecule has 2 heterocycles. The molecule has 2 atom stereocenters. The fourth-order valence-electron chi connectivity index (χ4n) is 2.78. The third-order valence-corrected chi connectivity index (χ3v) is 5.35. The number of aliphatic hydroxyl groups is 1. The van der Waals surface area contributed by atoms with Crippen LogP contribution < -0.4 is 4.74 Å². The second-order valence-corrected chi connectivity index (χ2v) is 6.41. The lowest BCUT2D eigenvalue weighted by Crippen LogP contribution is -2.38. The number of hydrogen-bond donors (Lipinski definition) is 1. The second kappa shape index (κ2) is 4.21. The Hall–Kier alpha value is -0.670. The van der Waals surface area contributed by atoms with Crippen LogP contribution >= 0.6 is 11.8 Å². The smallest absolute Gasteiger partial charge is 0.122 e. The van der Waals surface area contributed by atoms with Crippen LogP contribution in [0.1, 0.15) is 30.9 Å². The normalized spacial score (nSPS) is 32.0. The molecule has 2 unspecified atom stereocenters. The first kappa shape index (κ1) is 11.4. The second-order valence-electron chi connectivity index (χ2n) is 4.96. The van der Waals surface area contributed by atoms with E-state index in [2.05, 4.69) is 13.0 Å². The minimum atomic E-state index is -0.652. The van der Waals surface area contributed by atoms with Crippen LogP contribution in [0, 0.1) is 0 Å². The largest absolute Gasteiger partial charge is 0.493 e. The van der Waals surface area contributed by atoms with Crippen molar-refractivity contribution < 1.29 is 9.84 Å². The molecule has 1 saturated heterocycles. The van der Waals surface area contributed by atoms with Crippen molar-refractivity contribution in [3.05, 3.63) is 29.3 Å². The monoisotopic (exact) mass is 250 g/mol. The van der Waals surface area contributed by atoms with E-state index in [9.17, 15) is 5.11 Å². The number of rotatable bonds is 1. The van der Waals surface area contributed by atoms with Gasteiger partial charge in [-0.05, 0) is 41.9 Å². The zero-order valence-corrected chi connectivity index (χ0v) is 10.9. The SMILES string of the molecule is CC1SCCCC1(O)c1ccc2c(c1)CCO2. The molecule has 0 radical (unpaired) electrons. The van der Waals surface area contributed by atoms with Crippen LogP contribution in [0.5, 0.6) is 5.75 Å². The molecule has 1 aromatic rings. The molecule has 92 valence electrons. The van der Waals surface area contributed by atoms with Crippen molar-refractivity contribution >= 4 is 11.8 Å². The van der Waals surface area contributed by atoms with Crippen LogP contribution in [0.2, 0.25) is 0 Å². The molecule has 3 heteroatoms. The van der Waals surface area contributed by atoms with Crippen LogP contribution in [-0.4, -0.2) is 22.7 Å². The maximum absolute atomic E-state index is 10.9. The Morgan fingerprint density at radius 3 is 3.18 bits per heavy atom. The van der Waals surface area contributed by atoms with E-state index in [0.29, 0.717) is 0 Å². The summed E-state index contributed by atoms with van der Waals surface area (Å²) in [5.74, 6) is 2.16. The lowest BCUT2D eigenvalue weighted by atomic mass is 9.85. The summed E-state index contributed by atoms with van der Waals surface area (Å²) in [6.07, 6.45) is 2.95. The molecule has 0 amide bonds. The van der Waals surface area contributed by atoms with E-state index in [1.807, 2.05) is 23.9 Å². The molecule has 2 nitrogen and oxygen atoms in total. The summed E-state index contributed by atoms with van der Waals surface area (Å²) in [6.45, 7) is 2.91. The van der Waals surface area contributed by atoms with Gasteiger partial charge in [0.15, 0.2) is 0 Å². The van der Waals surface area contributed by atoms with E-state index in [4.69, 9.17) is 4.74 Å². The third kappa shape index (κ3) is 1.85. The van der Waals surface area contributed by atoms with Crippen LogP contribution in [0.15, 0.2) is 18.2 Å². The van der Waals surface area contributed by atoms with Crippen molar-refractivity contribution in [2.45, 2.75) is 37.0 Å². The molecule has 2 aliphatic heterocycles. The molecule has 3 rings (SSSR count). The van der Waals surface area contributed by atoms with Gasteiger partial charge in [0.25, 0.3) is 0 Å². The van der Waals surface area contributed by atoms with E-state index in [1.54, 1.807) is 0 Å². The summed E-state index contributed by atoms with van der Waals surface area (Å²) < 4.78 is 5.51. The molecule has 0 aromatic heterocycles. The van der Waals surface area contributed by atoms with Gasteiger partial charge in [-0.1, -0.05) is 13.0 Å². The summed E-state index contributed by atoms with van der Waals surface area (Å²) in [7, 11) is 0. The van der Waals surface area contributed by atoms with Crippen LogP contribution in [0.4, 0.5) is 0 Å². The third-order valence-electron chi connectivity index (χ3n) is 3.93. The molecule has 0 spiro atoms. The predicted octanol–water partition coefficient (Wildman–Crippen LogP) is 2.72. The van der Waals surface area contributed by atoms with Crippen molar-refractivity contribution in [1.82, 2.24) is 0 Å². The highest BCUT2D eigenvalue weighted by molar-refractivity contribution is 8.00. The average molecular weight is 250 g/mol. The summed E-state index contributed by atoms with van der Waals surface area (Å²) in [5, 5.41) is 11.2. The Kier molecular flexibility index (Phi) is 2.83. The molecule has 1 aromatic carbocycles. The highest BCUT2D eigenvalue weighted by Gasteiger charge is 2.38. The first-order chi connectivity index (χ1) is 8.20. The fourth-order valence-corrected chi connectivity index (χ4v) is 3.97. The van der Waals surface area contributed by atoms with Gasteiger partial charge in [0.1, 0.15) is 11.4 Å². The lowest BCUT2D eigenvalue weighted by molar-refractivity contribution is 0.0254. The maximum atomic E-state index is 10.9. The number of fused-ring (bicyclic) bond motifs is 1. The van der Waals surface area contributed by atoms with Gasteiger partial charge in [0, 0.05) is 11.7 Å². The van der Waals surface area contributed by atoms with Gasteiger partial charge < -0.3 is 9.84 Å². The predicted molar refractivity (Wildman–Crippen MR) is 70.7 cm³/mol. The van der Waals surface area contributed by atoms with E-state index in [0.717, 1.165) is 42.9 Å². The van der Waals surface area contributed by atoms with E-state index in [1.165, 1.54) is 5.56 Å². The van der Waals surface area contributed by atoms with Gasteiger partial charge >= 0.3 is 0 Å². The van der Waals surface area contributed by atoms with E-state index in [-0.39, 0.29) is 5.25 Å². The van der Waals surface area contributed by atoms with Gasteiger partial charge in [-0.2, -0.15) is 11.8 Å². The Bertz CT molecular complexity index is 432. The average Bonchev–Trinajstić information content (AvgIpc) is 2.80. The minimum absolute atomic E-state index is 0.275. The molecule has 1 N–H and O–H groups in total. The van der Waals surface area contributed by atoms with Crippen LogP contribution in [0.25, 0.3) is 0 Å². The van der Waals surface area contributed by atoms with Crippen molar-refractivity contribution in [1.29, 1.82) is 0 Å². The molecule has 1 fully saturated rings. The Morgan fingerprint density at radius 2 is 2.35 bits per heavy atom. The van der Waals surface area contributed by atoms with Gasteiger partial charge in [-0.3, -0.25) is 0 Å². The van der Waals surface area contributed by atoms with Crippen LogP contribution in [-0.2, 0) is 12.0 Å². The topological polar surface area (TPSA) is 29.5 Å². The van der Waals surface area contributed by atoms with Crippen LogP contribution in [0.3, 0.4) is 0 Å². The number of hydrogen-bond acceptors (Lipinski definition) is 3. The summed E-state index contributed by atoms with van der Waals surface area (Å²) in [4.78, 5) is 0. The van der Waals surface area contributed by atoms with Crippen molar-refractivity contribution in [2.24, 2.45) is 0 Å². The molecular formula is C14H18O2S. The summed E-state index contributed by atoms with van der Waals surface area (Å²) in [5.41, 5.74) is 1.67. The highest BCUT2D eigenvalue weighted by Crippen LogP contribution is 2.42. The van der Waals surface area contributed by atoms with Gasteiger partial charge in [0.2, 0.25) is 0 Å². The molecule has 0 saturated carbocycles. The number of thioether (sulfide) groups is 1. The molecular weight excluding hydrogens is 232 g/mol. The standard InChI is InChI=1S/C14H18O2S/c1-10-14(15,6-2-8-17-10)12-3-4-13-11(9-12)5-7-16-13/h3-4,9-10,15H,2,5-8H2,1H3. The van der Waals surface area contributed by atoms with Crippen molar-refractivity contribution in [3.8, 4) is 5.75 Å².